The molecule has 5 aliphatic carbocycles. The zero-order valence-electron chi connectivity index (χ0n) is 29.0. The molecular weight excluding hydrogens is 657 g/mol. The molecule has 0 heterocycles. The first-order chi connectivity index (χ1) is 24.8. The highest BCUT2D eigenvalue weighted by Crippen LogP contribution is 2.64. The van der Waals surface area contributed by atoms with Crippen LogP contribution in [0.4, 0.5) is 4.79 Å². The van der Waals surface area contributed by atoms with Crippen LogP contribution in [0, 0.1) is 17.8 Å². The predicted molar refractivity (Wildman–Crippen MR) is 197 cm³/mol. The molecule has 4 aromatic rings. The lowest BCUT2D eigenvalue weighted by molar-refractivity contribution is -0.144. The number of fused-ring (bicyclic) bond motifs is 3. The summed E-state index contributed by atoms with van der Waals surface area (Å²) in [5.41, 5.74) is 5.85. The monoisotopic (exact) mass is 703 g/mol. The normalized spacial score (nSPS) is 24.6. The quantitative estimate of drug-likeness (QED) is 0.110. The summed E-state index contributed by atoms with van der Waals surface area (Å²) in [6, 6.07) is 35.7. The summed E-state index contributed by atoms with van der Waals surface area (Å²) < 4.78 is 34.3. The Kier molecular flexibility index (Phi) is 9.61. The van der Waals surface area contributed by atoms with E-state index in [0.717, 1.165) is 52.6 Å². The predicted octanol–water partition coefficient (Wildman–Crippen LogP) is 9.49. The fraction of sp³-hybridized carbons (Fsp3) is 0.395. The Bertz CT molecular complexity index is 1830. The molecule has 4 fully saturated rings. The molecule has 1 amide bonds. The third-order valence-corrected chi connectivity index (χ3v) is 14.4. The van der Waals surface area contributed by atoms with E-state index in [-0.39, 0.29) is 38.1 Å². The Balaban J connectivity index is 1.04. The molecule has 51 heavy (non-hydrogen) atoms. The number of amides is 1. The number of carbonyl (C=O) groups excluding carboxylic acids is 2. The van der Waals surface area contributed by atoms with Gasteiger partial charge in [-0.15, -0.1) is 0 Å². The van der Waals surface area contributed by atoms with Crippen LogP contribution >= 0.6 is 7.37 Å². The van der Waals surface area contributed by atoms with Crippen LogP contribution in [0.5, 0.6) is 0 Å². The van der Waals surface area contributed by atoms with Crippen molar-refractivity contribution in [1.29, 1.82) is 0 Å². The van der Waals surface area contributed by atoms with Gasteiger partial charge in [-0.25, -0.2) is 4.79 Å². The highest BCUT2D eigenvalue weighted by atomic mass is 31.2. The number of esters is 1. The van der Waals surface area contributed by atoms with Crippen molar-refractivity contribution >= 4 is 19.4 Å². The summed E-state index contributed by atoms with van der Waals surface area (Å²) in [5, 5.41) is 3.04. The van der Waals surface area contributed by atoms with Gasteiger partial charge in [-0.05, 0) is 89.7 Å². The van der Waals surface area contributed by atoms with Crippen molar-refractivity contribution in [2.45, 2.75) is 75.3 Å². The maximum atomic E-state index is 15.6. The molecule has 4 bridgehead atoms. The number of ether oxygens (including phenoxy) is 2. The number of nitrogens with one attached hydrogen (secondary N) is 1. The summed E-state index contributed by atoms with van der Waals surface area (Å²) in [6.07, 6.45) is 5.82. The number of hydrogen-bond donors (Lipinski definition) is 1. The standard InChI is InChI=1S/C43H46NO6P/c45-41(48-28-31-13-5-2-6-14-31)19-20-51(47,50-43-25-32-21-33(26-43)23-34(22-32)27-43)40(24-30-11-3-1-4-12-30)44-42(46)49-29-39-37-17-9-7-15-35(37)36-16-8-10-18-38(36)39/h1-18,32-34,39-40H,19-29H2,(H,44,46). The van der Waals surface area contributed by atoms with Crippen LogP contribution in [0.15, 0.2) is 109 Å². The Morgan fingerprint density at radius 2 is 1.24 bits per heavy atom. The molecule has 4 aromatic carbocycles. The molecule has 5 aliphatic rings. The third kappa shape index (κ3) is 7.43. The molecule has 0 radical (unpaired) electrons. The topological polar surface area (TPSA) is 90.9 Å². The highest BCUT2D eigenvalue weighted by Gasteiger charge is 2.55. The van der Waals surface area contributed by atoms with E-state index in [9.17, 15) is 9.59 Å². The molecule has 8 heteroatoms. The first-order valence-corrected chi connectivity index (χ1v) is 20.4. The number of alkyl carbamates (subject to hydrolysis) is 1. The SMILES string of the molecule is O=C(CCP(=O)(OC12CC3CC(CC(C3)C1)C2)C(Cc1ccccc1)NC(=O)OCC1c2ccccc2-c2ccccc21)OCc1ccccc1. The van der Waals surface area contributed by atoms with Crippen molar-refractivity contribution in [3.8, 4) is 11.1 Å². The van der Waals surface area contributed by atoms with Crippen molar-refractivity contribution < 1.29 is 28.2 Å². The fourth-order valence-electron chi connectivity index (χ4n) is 9.70. The maximum absolute atomic E-state index is 15.6. The first-order valence-electron chi connectivity index (χ1n) is 18.5. The summed E-state index contributed by atoms with van der Waals surface area (Å²) in [6.45, 7) is 0.287. The molecule has 2 unspecified atom stereocenters. The molecule has 2 atom stereocenters. The van der Waals surface area contributed by atoms with E-state index in [2.05, 4.69) is 29.6 Å². The number of hydrogen-bond acceptors (Lipinski definition) is 6. The molecule has 7 nitrogen and oxygen atoms in total. The molecule has 4 saturated carbocycles. The second-order valence-corrected chi connectivity index (χ2v) is 17.9. The van der Waals surface area contributed by atoms with Crippen LogP contribution in [0.2, 0.25) is 0 Å². The zero-order chi connectivity index (χ0) is 34.8. The summed E-state index contributed by atoms with van der Waals surface area (Å²) >= 11 is 0. The summed E-state index contributed by atoms with van der Waals surface area (Å²) in [5.74, 6) is 0.290. The molecule has 0 saturated heterocycles. The molecule has 0 aromatic heterocycles. The van der Waals surface area contributed by atoms with Gasteiger partial charge in [0.1, 0.15) is 19.0 Å². The minimum Gasteiger partial charge on any atom is -0.461 e. The molecule has 1 N–H and O–H groups in total. The van der Waals surface area contributed by atoms with Gasteiger partial charge in [-0.1, -0.05) is 109 Å². The van der Waals surface area contributed by atoms with Gasteiger partial charge in [-0.3, -0.25) is 9.36 Å². The van der Waals surface area contributed by atoms with E-state index in [1.807, 2.05) is 84.9 Å². The van der Waals surface area contributed by atoms with Gasteiger partial charge in [0.2, 0.25) is 7.37 Å². The number of rotatable bonds is 13. The molecule has 0 aliphatic heterocycles. The summed E-state index contributed by atoms with van der Waals surface area (Å²) in [4.78, 5) is 27.0. The zero-order valence-corrected chi connectivity index (χ0v) is 29.8. The van der Waals surface area contributed by atoms with E-state index in [1.54, 1.807) is 0 Å². The van der Waals surface area contributed by atoms with Crippen LogP contribution in [0.25, 0.3) is 11.1 Å². The molecule has 0 spiro atoms. The maximum Gasteiger partial charge on any atom is 0.407 e. The Morgan fingerprint density at radius 1 is 0.706 bits per heavy atom. The van der Waals surface area contributed by atoms with E-state index in [4.69, 9.17) is 14.0 Å². The number of carbonyl (C=O) groups is 2. The van der Waals surface area contributed by atoms with E-state index >= 15 is 4.57 Å². The van der Waals surface area contributed by atoms with E-state index < -0.39 is 30.8 Å². The van der Waals surface area contributed by atoms with Gasteiger partial charge in [0.05, 0.1) is 12.0 Å². The van der Waals surface area contributed by atoms with Crippen LogP contribution < -0.4 is 5.32 Å². The lowest BCUT2D eigenvalue weighted by Gasteiger charge is -2.57. The largest absolute Gasteiger partial charge is 0.461 e. The van der Waals surface area contributed by atoms with Gasteiger partial charge < -0.3 is 19.3 Å². The highest BCUT2D eigenvalue weighted by molar-refractivity contribution is 7.59. The van der Waals surface area contributed by atoms with Crippen molar-refractivity contribution in [3.05, 3.63) is 131 Å². The Hall–Kier alpha value is -4.19. The first kappa shape index (κ1) is 33.9. The van der Waals surface area contributed by atoms with Gasteiger partial charge in [0.15, 0.2) is 0 Å². The third-order valence-electron chi connectivity index (χ3n) is 11.6. The second kappa shape index (κ2) is 14.4. The second-order valence-electron chi connectivity index (χ2n) is 15.2. The fourth-order valence-corrected chi connectivity index (χ4v) is 12.4. The minimum atomic E-state index is -3.72. The van der Waals surface area contributed by atoms with E-state index in [0.29, 0.717) is 17.8 Å². The van der Waals surface area contributed by atoms with Crippen LogP contribution in [0.3, 0.4) is 0 Å². The van der Waals surface area contributed by atoms with Gasteiger partial charge >= 0.3 is 12.1 Å². The van der Waals surface area contributed by atoms with Crippen molar-refractivity contribution in [2.75, 3.05) is 12.8 Å². The summed E-state index contributed by atoms with van der Waals surface area (Å²) in [7, 11) is -3.72. The van der Waals surface area contributed by atoms with Crippen LogP contribution in [0.1, 0.15) is 73.1 Å². The average Bonchev–Trinajstić information content (AvgIpc) is 3.45. The van der Waals surface area contributed by atoms with Gasteiger partial charge in [0.25, 0.3) is 0 Å². The lowest BCUT2D eigenvalue weighted by atomic mass is 9.54. The van der Waals surface area contributed by atoms with Crippen molar-refractivity contribution in [2.24, 2.45) is 17.8 Å². The van der Waals surface area contributed by atoms with E-state index in [1.165, 1.54) is 19.3 Å². The number of benzene rings is 4. The van der Waals surface area contributed by atoms with Crippen molar-refractivity contribution in [3.63, 3.8) is 0 Å². The molecule has 264 valence electrons. The Morgan fingerprint density at radius 3 is 1.82 bits per heavy atom. The minimum absolute atomic E-state index is 0.0243. The Labute approximate surface area is 300 Å². The molecule has 9 rings (SSSR count). The van der Waals surface area contributed by atoms with Crippen LogP contribution in [-0.4, -0.2) is 36.2 Å². The lowest BCUT2D eigenvalue weighted by Crippen LogP contribution is -2.52. The molecular formula is C43H46NO6P. The van der Waals surface area contributed by atoms with Crippen LogP contribution in [-0.2, 0) is 36.4 Å². The smallest absolute Gasteiger partial charge is 0.407 e. The van der Waals surface area contributed by atoms with Gasteiger partial charge in [-0.2, -0.15) is 0 Å². The average molecular weight is 704 g/mol. The van der Waals surface area contributed by atoms with Gasteiger partial charge in [0, 0.05) is 18.5 Å². The van der Waals surface area contributed by atoms with Crippen molar-refractivity contribution in [1.82, 2.24) is 5.32 Å².